The van der Waals surface area contributed by atoms with Gasteiger partial charge in [0.05, 0.1) is 12.9 Å². The zero-order valence-electron chi connectivity index (χ0n) is 10.1. The summed E-state index contributed by atoms with van der Waals surface area (Å²) in [4.78, 5) is 11.4. The third-order valence-electron chi connectivity index (χ3n) is 2.18. The first-order valence-electron chi connectivity index (χ1n) is 4.78. The maximum atomic E-state index is 11.4. The van der Waals surface area contributed by atoms with Gasteiger partial charge in [0.1, 0.15) is 15.4 Å². The van der Waals surface area contributed by atoms with E-state index in [-0.39, 0.29) is 11.7 Å². The summed E-state index contributed by atoms with van der Waals surface area (Å²) in [5, 5.41) is 2.88. The van der Waals surface area contributed by atoms with Crippen molar-refractivity contribution in [2.75, 3.05) is 37.7 Å². The Labute approximate surface area is 101 Å². The van der Waals surface area contributed by atoms with Gasteiger partial charge in [-0.1, -0.05) is 0 Å². The van der Waals surface area contributed by atoms with Gasteiger partial charge in [-0.3, -0.25) is 4.79 Å². The molecule has 0 spiro atoms. The molecule has 5 nitrogen and oxygen atoms in total. The van der Waals surface area contributed by atoms with Crippen LogP contribution in [-0.4, -0.2) is 57.6 Å². The number of methoxy groups -OCH3 is 1. The third kappa shape index (κ3) is 5.72. The zero-order chi connectivity index (χ0) is 12.8. The zero-order valence-corrected chi connectivity index (χ0v) is 11.7. The molecule has 1 unspecified atom stereocenters. The highest BCUT2D eigenvalue weighted by Crippen LogP contribution is 2.14. The molecule has 1 atom stereocenters. The minimum Gasteiger partial charge on any atom is -0.468 e. The van der Waals surface area contributed by atoms with Crippen molar-refractivity contribution >= 4 is 27.6 Å². The molecule has 0 aliphatic heterocycles. The lowest BCUT2D eigenvalue weighted by Gasteiger charge is -2.25. The second-order valence-corrected chi connectivity index (χ2v) is 7.12. The normalized spacial score (nSPS) is 15.5. The molecule has 0 aromatic carbocycles. The first-order valence-corrected chi connectivity index (χ1v) is 7.99. The number of carbonyl (C=O) groups excluding carboxylic acids is 1. The molecule has 0 aliphatic carbocycles. The Morgan fingerprint density at radius 2 is 2.06 bits per heavy atom. The minimum absolute atomic E-state index is 0.124. The summed E-state index contributed by atoms with van der Waals surface area (Å²) < 4.78 is 26.5. The van der Waals surface area contributed by atoms with Crippen LogP contribution in [0.5, 0.6) is 0 Å². The van der Waals surface area contributed by atoms with Crippen LogP contribution >= 0.6 is 11.8 Å². The van der Waals surface area contributed by atoms with Crippen molar-refractivity contribution in [2.45, 2.75) is 12.5 Å². The second-order valence-electron chi connectivity index (χ2n) is 3.76. The van der Waals surface area contributed by atoms with Crippen LogP contribution in [0, 0.1) is 0 Å². The van der Waals surface area contributed by atoms with Crippen LogP contribution < -0.4 is 5.32 Å². The maximum absolute atomic E-state index is 11.4. The first-order chi connectivity index (χ1) is 7.25. The number of likely N-dealkylation sites (N-methyl/N-ethyl adjacent to an activating group) is 1. The number of hydrogen-bond donors (Lipinski definition) is 1. The molecule has 0 bridgehead atoms. The molecular formula is C9H19NO4S2. The van der Waals surface area contributed by atoms with Gasteiger partial charge in [0.15, 0.2) is 0 Å². The Morgan fingerprint density at radius 3 is 2.44 bits per heavy atom. The molecule has 0 amide bonds. The smallest absolute Gasteiger partial charge is 0.326 e. The summed E-state index contributed by atoms with van der Waals surface area (Å²) in [5.74, 6) is 0.735. The van der Waals surface area contributed by atoms with Gasteiger partial charge in [0.2, 0.25) is 0 Å². The van der Waals surface area contributed by atoms with Crippen LogP contribution in [0.4, 0.5) is 0 Å². The monoisotopic (exact) mass is 269 g/mol. The van der Waals surface area contributed by atoms with Crippen LogP contribution in [0.1, 0.15) is 6.92 Å². The number of thioether (sulfide) groups is 1. The Bertz CT molecular complexity index is 328. The fourth-order valence-electron chi connectivity index (χ4n) is 0.945. The first kappa shape index (κ1) is 15.7. The van der Waals surface area contributed by atoms with Gasteiger partial charge in [-0.2, -0.15) is 11.8 Å². The number of rotatable bonds is 7. The molecule has 1 N–H and O–H groups in total. The molecule has 0 fully saturated rings. The maximum Gasteiger partial charge on any atom is 0.326 e. The van der Waals surface area contributed by atoms with Crippen molar-refractivity contribution in [1.29, 1.82) is 0 Å². The quantitative estimate of drug-likeness (QED) is 0.515. The van der Waals surface area contributed by atoms with Crippen LogP contribution in [0.15, 0.2) is 0 Å². The van der Waals surface area contributed by atoms with E-state index in [9.17, 15) is 13.2 Å². The molecule has 0 aromatic heterocycles. The Balaban J connectivity index is 4.11. The molecule has 7 heteroatoms. The summed E-state index contributed by atoms with van der Waals surface area (Å²) in [6.07, 6.45) is 1.20. The van der Waals surface area contributed by atoms with Gasteiger partial charge in [-0.15, -0.1) is 0 Å². The molecule has 96 valence electrons. The summed E-state index contributed by atoms with van der Waals surface area (Å²) >= 11 is 1.41. The molecule has 0 aromatic rings. The Kier molecular flexibility index (Phi) is 6.35. The molecule has 0 saturated heterocycles. The van der Waals surface area contributed by atoms with Crippen molar-refractivity contribution in [1.82, 2.24) is 5.32 Å². The predicted molar refractivity (Wildman–Crippen MR) is 66.5 cm³/mol. The van der Waals surface area contributed by atoms with Crippen molar-refractivity contribution < 1.29 is 17.9 Å². The number of esters is 1. The largest absolute Gasteiger partial charge is 0.468 e. The van der Waals surface area contributed by atoms with Crippen LogP contribution in [0.3, 0.4) is 0 Å². The third-order valence-corrected chi connectivity index (χ3v) is 4.66. The van der Waals surface area contributed by atoms with Gasteiger partial charge >= 0.3 is 5.97 Å². The van der Waals surface area contributed by atoms with E-state index < -0.39 is 15.4 Å². The summed E-state index contributed by atoms with van der Waals surface area (Å²) in [6, 6.07) is 0. The van der Waals surface area contributed by atoms with E-state index in [1.165, 1.54) is 25.1 Å². The lowest BCUT2D eigenvalue weighted by molar-refractivity contribution is -0.146. The van der Waals surface area contributed by atoms with Crippen molar-refractivity contribution in [3.8, 4) is 0 Å². The summed E-state index contributed by atoms with van der Waals surface area (Å²) in [5.41, 5.74) is -0.767. The van der Waals surface area contributed by atoms with Gasteiger partial charge in [0, 0.05) is 17.8 Å². The highest BCUT2D eigenvalue weighted by Gasteiger charge is 2.32. The van der Waals surface area contributed by atoms with E-state index in [0.29, 0.717) is 11.5 Å². The van der Waals surface area contributed by atoms with Crippen molar-refractivity contribution in [3.05, 3.63) is 0 Å². The average Bonchev–Trinajstić information content (AvgIpc) is 2.21. The lowest BCUT2D eigenvalue weighted by Crippen LogP contribution is -2.50. The molecule has 0 rings (SSSR count). The molecule has 0 saturated carbocycles. The number of ether oxygens (including phenoxy) is 1. The molecule has 16 heavy (non-hydrogen) atoms. The van der Waals surface area contributed by atoms with Gasteiger partial charge in [-0.25, -0.2) is 8.42 Å². The number of carbonyl (C=O) groups is 1. The SMILES string of the molecule is CNC(C)(CSCCS(C)(=O)=O)C(=O)OC. The van der Waals surface area contributed by atoms with E-state index in [0.717, 1.165) is 0 Å². The van der Waals surface area contributed by atoms with Gasteiger partial charge in [0.25, 0.3) is 0 Å². The predicted octanol–water partition coefficient (Wildman–Crippen LogP) is -0.0847. The van der Waals surface area contributed by atoms with E-state index in [2.05, 4.69) is 10.1 Å². The number of hydrogen-bond acceptors (Lipinski definition) is 6. The average molecular weight is 269 g/mol. The second kappa shape index (κ2) is 6.46. The van der Waals surface area contributed by atoms with Crippen LogP contribution in [0.2, 0.25) is 0 Å². The molecule has 0 heterocycles. The lowest BCUT2D eigenvalue weighted by atomic mass is 10.1. The minimum atomic E-state index is -2.93. The molecule has 0 radical (unpaired) electrons. The van der Waals surface area contributed by atoms with E-state index in [4.69, 9.17) is 0 Å². The van der Waals surface area contributed by atoms with Crippen molar-refractivity contribution in [2.24, 2.45) is 0 Å². The van der Waals surface area contributed by atoms with E-state index in [1.807, 2.05) is 0 Å². The number of nitrogens with one attached hydrogen (secondary N) is 1. The molecular weight excluding hydrogens is 250 g/mol. The van der Waals surface area contributed by atoms with E-state index >= 15 is 0 Å². The fourth-order valence-corrected chi connectivity index (χ4v) is 3.44. The summed E-state index contributed by atoms with van der Waals surface area (Å²) in [7, 11) is 0.0753. The Morgan fingerprint density at radius 1 is 1.50 bits per heavy atom. The fraction of sp³-hybridized carbons (Fsp3) is 0.889. The molecule has 0 aliphatic rings. The Hall–Kier alpha value is -0.270. The van der Waals surface area contributed by atoms with Gasteiger partial charge < -0.3 is 10.1 Å². The number of sulfone groups is 1. The summed E-state index contributed by atoms with van der Waals surface area (Å²) in [6.45, 7) is 1.73. The highest BCUT2D eigenvalue weighted by atomic mass is 32.2. The van der Waals surface area contributed by atoms with Gasteiger partial charge in [-0.05, 0) is 14.0 Å². The van der Waals surface area contributed by atoms with Crippen molar-refractivity contribution in [3.63, 3.8) is 0 Å². The topological polar surface area (TPSA) is 72.5 Å². The van der Waals surface area contributed by atoms with Crippen LogP contribution in [-0.2, 0) is 19.4 Å². The standard InChI is InChI=1S/C9H19NO4S2/c1-9(10-2,8(11)14-3)7-15-5-6-16(4,12)13/h10H,5-7H2,1-4H3. The highest BCUT2D eigenvalue weighted by molar-refractivity contribution is 8.00. The van der Waals surface area contributed by atoms with Crippen LogP contribution in [0.25, 0.3) is 0 Å². The van der Waals surface area contributed by atoms with E-state index in [1.54, 1.807) is 14.0 Å².